The number of anilines is 2. The quantitative estimate of drug-likeness (QED) is 0.709. The van der Waals surface area contributed by atoms with Crippen molar-refractivity contribution in [3.63, 3.8) is 0 Å². The van der Waals surface area contributed by atoms with Crippen LogP contribution < -0.4 is 16.4 Å². The Hall–Kier alpha value is -1.75. The van der Waals surface area contributed by atoms with E-state index in [0.717, 1.165) is 37.9 Å². The lowest BCUT2D eigenvalue weighted by Crippen LogP contribution is -2.40. The first-order chi connectivity index (χ1) is 9.15. The Balaban J connectivity index is 2.33. The summed E-state index contributed by atoms with van der Waals surface area (Å²) in [5.41, 5.74) is 13.1. The lowest BCUT2D eigenvalue weighted by atomic mass is 9.97. The minimum atomic E-state index is -0.505. The van der Waals surface area contributed by atoms with Crippen molar-refractivity contribution in [1.29, 1.82) is 0 Å². The van der Waals surface area contributed by atoms with Crippen LogP contribution in [0.25, 0.3) is 0 Å². The Labute approximate surface area is 113 Å². The third-order valence-electron chi connectivity index (χ3n) is 3.75. The molecule has 0 aliphatic carbocycles. The number of piperidine rings is 1. The number of amides is 1. The Bertz CT molecular complexity index is 460. The zero-order valence-electron chi connectivity index (χ0n) is 11.0. The van der Waals surface area contributed by atoms with Crippen molar-refractivity contribution >= 4 is 17.3 Å². The van der Waals surface area contributed by atoms with Crippen molar-refractivity contribution in [2.75, 3.05) is 23.8 Å². The van der Waals surface area contributed by atoms with E-state index in [2.05, 4.69) is 4.90 Å². The van der Waals surface area contributed by atoms with Crippen molar-refractivity contribution < 1.29 is 9.90 Å². The van der Waals surface area contributed by atoms with Gasteiger partial charge < -0.3 is 21.5 Å². The molecule has 0 radical (unpaired) electrons. The first-order valence-corrected chi connectivity index (χ1v) is 6.71. The van der Waals surface area contributed by atoms with E-state index in [9.17, 15) is 4.79 Å². The second kappa shape index (κ2) is 5.93. The van der Waals surface area contributed by atoms with E-state index < -0.39 is 5.91 Å². The van der Waals surface area contributed by atoms with Crippen molar-refractivity contribution in [1.82, 2.24) is 0 Å². The Morgan fingerprint density at radius 3 is 2.89 bits per heavy atom. The van der Waals surface area contributed by atoms with Crippen LogP contribution in [0.2, 0.25) is 0 Å². The Morgan fingerprint density at radius 2 is 2.21 bits per heavy atom. The summed E-state index contributed by atoms with van der Waals surface area (Å²) in [6.07, 6.45) is 4.03. The molecule has 1 fully saturated rings. The van der Waals surface area contributed by atoms with Gasteiger partial charge in [0.1, 0.15) is 0 Å². The molecule has 0 spiro atoms. The predicted octanol–water partition coefficient (Wildman–Crippen LogP) is 1.11. The lowest BCUT2D eigenvalue weighted by molar-refractivity contribution is 0.100. The lowest BCUT2D eigenvalue weighted by Gasteiger charge is -2.38. The number of benzene rings is 1. The van der Waals surface area contributed by atoms with Gasteiger partial charge in [0.15, 0.2) is 0 Å². The first kappa shape index (κ1) is 13.7. The van der Waals surface area contributed by atoms with Gasteiger partial charge in [0, 0.05) is 19.2 Å². The molecule has 5 heteroatoms. The van der Waals surface area contributed by atoms with E-state index in [-0.39, 0.29) is 12.6 Å². The van der Waals surface area contributed by atoms with Gasteiger partial charge in [0.25, 0.3) is 5.91 Å². The van der Waals surface area contributed by atoms with Crippen LogP contribution in [0.4, 0.5) is 11.4 Å². The van der Waals surface area contributed by atoms with Gasteiger partial charge in [0.05, 0.1) is 16.9 Å². The third kappa shape index (κ3) is 2.81. The summed E-state index contributed by atoms with van der Waals surface area (Å²) in [6, 6.07) is 5.64. The number of nitrogen functional groups attached to an aromatic ring is 1. The Morgan fingerprint density at radius 1 is 1.42 bits per heavy atom. The molecular formula is C14H21N3O2. The van der Waals surface area contributed by atoms with Crippen molar-refractivity contribution in [3.8, 4) is 0 Å². The fraction of sp³-hybridized carbons (Fsp3) is 0.500. The number of primary amides is 1. The van der Waals surface area contributed by atoms with E-state index in [4.69, 9.17) is 16.6 Å². The number of nitrogens with two attached hydrogens (primary N) is 2. The molecule has 0 saturated carbocycles. The van der Waals surface area contributed by atoms with Crippen LogP contribution in [0.5, 0.6) is 0 Å². The topological polar surface area (TPSA) is 92.6 Å². The van der Waals surface area contributed by atoms with Gasteiger partial charge in [-0.2, -0.15) is 0 Å². The molecule has 1 amide bonds. The van der Waals surface area contributed by atoms with Gasteiger partial charge in [-0.1, -0.05) is 6.07 Å². The molecule has 1 aliphatic heterocycles. The highest BCUT2D eigenvalue weighted by Gasteiger charge is 2.24. The van der Waals surface area contributed by atoms with Gasteiger partial charge in [-0.15, -0.1) is 0 Å². The molecule has 1 atom stereocenters. The summed E-state index contributed by atoms with van der Waals surface area (Å²) in [6.45, 7) is 1.06. The average Bonchev–Trinajstić information content (AvgIpc) is 2.40. The fourth-order valence-corrected chi connectivity index (χ4v) is 2.79. The number of aliphatic hydroxyl groups excluding tert-OH is 1. The monoisotopic (exact) mass is 263 g/mol. The van der Waals surface area contributed by atoms with Crippen LogP contribution in [0, 0.1) is 0 Å². The minimum Gasteiger partial charge on any atom is -0.396 e. The molecule has 104 valence electrons. The molecule has 1 saturated heterocycles. The SMILES string of the molecule is NC(=O)c1cccc(N2CCCCC2CCO)c1N. The standard InChI is InChI=1S/C14H21N3O2/c15-13-11(14(16)19)5-3-6-12(13)17-8-2-1-4-10(17)7-9-18/h3,5-6,10,18H,1-2,4,7-9,15H2,(H2,16,19). The predicted molar refractivity (Wildman–Crippen MR) is 76.1 cm³/mol. The summed E-state index contributed by atoms with van der Waals surface area (Å²) < 4.78 is 0. The highest BCUT2D eigenvalue weighted by molar-refractivity contribution is 6.00. The largest absolute Gasteiger partial charge is 0.396 e. The number of para-hydroxylation sites is 1. The maximum absolute atomic E-state index is 11.3. The number of nitrogens with zero attached hydrogens (tertiary/aromatic N) is 1. The van der Waals surface area contributed by atoms with Gasteiger partial charge in [-0.3, -0.25) is 4.79 Å². The van der Waals surface area contributed by atoms with E-state index in [1.807, 2.05) is 6.07 Å². The summed E-state index contributed by atoms with van der Waals surface area (Å²) in [4.78, 5) is 13.5. The molecule has 2 rings (SSSR count). The van der Waals surface area contributed by atoms with Gasteiger partial charge in [-0.05, 0) is 37.8 Å². The Kier molecular flexibility index (Phi) is 4.27. The molecule has 1 aliphatic rings. The first-order valence-electron chi connectivity index (χ1n) is 6.71. The van der Waals surface area contributed by atoms with E-state index in [1.54, 1.807) is 12.1 Å². The molecule has 1 unspecified atom stereocenters. The van der Waals surface area contributed by atoms with Gasteiger partial charge in [-0.25, -0.2) is 0 Å². The maximum Gasteiger partial charge on any atom is 0.250 e. The second-order valence-electron chi connectivity index (χ2n) is 4.96. The molecule has 1 aromatic rings. The van der Waals surface area contributed by atoms with Crippen molar-refractivity contribution in [2.24, 2.45) is 5.73 Å². The van der Waals surface area contributed by atoms with E-state index >= 15 is 0 Å². The van der Waals surface area contributed by atoms with Crippen molar-refractivity contribution in [3.05, 3.63) is 23.8 Å². The molecule has 1 heterocycles. The normalized spacial score (nSPS) is 19.4. The zero-order valence-corrected chi connectivity index (χ0v) is 11.0. The van der Waals surface area contributed by atoms with Gasteiger partial charge in [0.2, 0.25) is 0 Å². The number of aliphatic hydroxyl groups is 1. The fourth-order valence-electron chi connectivity index (χ4n) is 2.79. The minimum absolute atomic E-state index is 0.163. The summed E-state index contributed by atoms with van der Waals surface area (Å²) in [7, 11) is 0. The van der Waals surface area contributed by atoms with Crippen LogP contribution >= 0.6 is 0 Å². The van der Waals surface area contributed by atoms with Gasteiger partial charge >= 0.3 is 0 Å². The van der Waals surface area contributed by atoms with Crippen LogP contribution in [0.1, 0.15) is 36.0 Å². The van der Waals surface area contributed by atoms with Crippen LogP contribution in [-0.4, -0.2) is 30.2 Å². The zero-order chi connectivity index (χ0) is 13.8. The maximum atomic E-state index is 11.3. The number of hydrogen-bond donors (Lipinski definition) is 3. The average molecular weight is 263 g/mol. The highest BCUT2D eigenvalue weighted by atomic mass is 16.3. The molecule has 0 bridgehead atoms. The molecule has 1 aromatic carbocycles. The molecule has 5 N–H and O–H groups in total. The third-order valence-corrected chi connectivity index (χ3v) is 3.75. The summed E-state index contributed by atoms with van der Waals surface area (Å²) in [5, 5.41) is 9.16. The molecule has 0 aromatic heterocycles. The molecular weight excluding hydrogens is 242 g/mol. The van der Waals surface area contributed by atoms with E-state index in [0.29, 0.717) is 11.3 Å². The van der Waals surface area contributed by atoms with E-state index in [1.165, 1.54) is 0 Å². The van der Waals surface area contributed by atoms with Crippen LogP contribution in [0.3, 0.4) is 0 Å². The smallest absolute Gasteiger partial charge is 0.250 e. The summed E-state index contributed by atoms with van der Waals surface area (Å²) in [5.74, 6) is -0.505. The number of hydrogen-bond acceptors (Lipinski definition) is 4. The van der Waals surface area contributed by atoms with Crippen molar-refractivity contribution in [2.45, 2.75) is 31.7 Å². The van der Waals surface area contributed by atoms with Crippen LogP contribution in [0.15, 0.2) is 18.2 Å². The number of carbonyl (C=O) groups is 1. The number of rotatable bonds is 4. The highest BCUT2D eigenvalue weighted by Crippen LogP contribution is 2.32. The summed E-state index contributed by atoms with van der Waals surface area (Å²) >= 11 is 0. The van der Waals surface area contributed by atoms with Crippen LogP contribution in [-0.2, 0) is 0 Å². The molecule has 19 heavy (non-hydrogen) atoms. The second-order valence-corrected chi connectivity index (χ2v) is 4.96. The number of carbonyl (C=O) groups excluding carboxylic acids is 1. The molecule has 5 nitrogen and oxygen atoms in total.